The predicted octanol–water partition coefficient (Wildman–Crippen LogP) is 3.04. The van der Waals surface area contributed by atoms with E-state index >= 15 is 0 Å². The minimum absolute atomic E-state index is 0.0265. The second-order valence-electron chi connectivity index (χ2n) is 4.16. The number of hydrogen-bond acceptors (Lipinski definition) is 3. The SMILES string of the molecule is COc1ccc2c(c1)OC1=CC=CCC1=CC2=O. The van der Waals surface area contributed by atoms with Gasteiger partial charge in [-0.3, -0.25) is 4.79 Å². The molecule has 1 aliphatic heterocycles. The van der Waals surface area contributed by atoms with Gasteiger partial charge in [0.25, 0.3) is 0 Å². The van der Waals surface area contributed by atoms with Crippen LogP contribution >= 0.6 is 0 Å². The monoisotopic (exact) mass is 240 g/mol. The van der Waals surface area contributed by atoms with Crippen molar-refractivity contribution in [2.24, 2.45) is 0 Å². The molecule has 0 unspecified atom stereocenters. The van der Waals surface area contributed by atoms with E-state index in [-0.39, 0.29) is 5.78 Å². The standard InChI is InChI=1S/C15H12O3/c1-17-11-6-7-12-13(16)8-10-4-2-3-5-14(10)18-15(12)9-11/h2-3,5-9H,4H2,1H3. The number of ketones is 1. The van der Waals surface area contributed by atoms with E-state index in [0.717, 1.165) is 17.8 Å². The van der Waals surface area contributed by atoms with Gasteiger partial charge in [-0.25, -0.2) is 0 Å². The maximum absolute atomic E-state index is 12.1. The molecule has 0 spiro atoms. The Balaban J connectivity index is 2.12. The van der Waals surface area contributed by atoms with E-state index in [9.17, 15) is 4.79 Å². The molecule has 0 radical (unpaired) electrons. The van der Waals surface area contributed by atoms with Gasteiger partial charge in [0, 0.05) is 11.6 Å². The summed E-state index contributed by atoms with van der Waals surface area (Å²) in [5.74, 6) is 1.93. The van der Waals surface area contributed by atoms with Gasteiger partial charge in [0.2, 0.25) is 0 Å². The molecular weight excluding hydrogens is 228 g/mol. The van der Waals surface area contributed by atoms with Gasteiger partial charge >= 0.3 is 0 Å². The number of allylic oxidation sites excluding steroid dienone is 5. The van der Waals surface area contributed by atoms with Crippen LogP contribution in [0.2, 0.25) is 0 Å². The summed E-state index contributed by atoms with van der Waals surface area (Å²) in [5, 5.41) is 0. The average molecular weight is 240 g/mol. The lowest BCUT2D eigenvalue weighted by Gasteiger charge is -2.13. The first-order valence-electron chi connectivity index (χ1n) is 5.76. The molecule has 1 aliphatic carbocycles. The van der Waals surface area contributed by atoms with Crippen LogP contribution in [0.25, 0.3) is 0 Å². The van der Waals surface area contributed by atoms with Crippen molar-refractivity contribution in [1.29, 1.82) is 0 Å². The smallest absolute Gasteiger partial charge is 0.190 e. The number of benzene rings is 1. The molecule has 90 valence electrons. The van der Waals surface area contributed by atoms with Crippen molar-refractivity contribution in [1.82, 2.24) is 0 Å². The Morgan fingerprint density at radius 3 is 3.06 bits per heavy atom. The lowest BCUT2D eigenvalue weighted by Crippen LogP contribution is -2.00. The van der Waals surface area contributed by atoms with E-state index in [1.807, 2.05) is 18.2 Å². The van der Waals surface area contributed by atoms with Crippen molar-refractivity contribution in [3.63, 3.8) is 0 Å². The highest BCUT2D eigenvalue weighted by Gasteiger charge is 2.21. The molecule has 18 heavy (non-hydrogen) atoms. The van der Waals surface area contributed by atoms with Crippen LogP contribution in [-0.2, 0) is 0 Å². The first kappa shape index (κ1) is 10.8. The predicted molar refractivity (Wildman–Crippen MR) is 67.9 cm³/mol. The number of methoxy groups -OCH3 is 1. The number of rotatable bonds is 1. The first-order chi connectivity index (χ1) is 8.78. The quantitative estimate of drug-likeness (QED) is 0.756. The zero-order valence-electron chi connectivity index (χ0n) is 9.97. The fourth-order valence-electron chi connectivity index (χ4n) is 2.06. The van der Waals surface area contributed by atoms with Gasteiger partial charge in [-0.1, -0.05) is 12.2 Å². The molecule has 2 aliphatic rings. The molecule has 1 heterocycles. The molecule has 3 heteroatoms. The highest BCUT2D eigenvalue weighted by molar-refractivity contribution is 6.08. The van der Waals surface area contributed by atoms with Crippen molar-refractivity contribution in [3.05, 3.63) is 59.4 Å². The van der Waals surface area contributed by atoms with Crippen LogP contribution in [0, 0.1) is 0 Å². The first-order valence-corrected chi connectivity index (χ1v) is 5.76. The Morgan fingerprint density at radius 1 is 1.33 bits per heavy atom. The molecule has 0 atom stereocenters. The minimum Gasteiger partial charge on any atom is -0.497 e. The van der Waals surface area contributed by atoms with Crippen molar-refractivity contribution in [2.75, 3.05) is 7.11 Å². The number of fused-ring (bicyclic) bond motifs is 2. The third kappa shape index (κ3) is 1.74. The molecule has 1 aromatic carbocycles. The van der Waals surface area contributed by atoms with Crippen LogP contribution in [0.5, 0.6) is 11.5 Å². The van der Waals surface area contributed by atoms with Gasteiger partial charge in [0.05, 0.1) is 12.7 Å². The van der Waals surface area contributed by atoms with Gasteiger partial charge in [-0.2, -0.15) is 0 Å². The minimum atomic E-state index is -0.0265. The molecule has 3 nitrogen and oxygen atoms in total. The zero-order valence-corrected chi connectivity index (χ0v) is 9.97. The van der Waals surface area contributed by atoms with Crippen molar-refractivity contribution < 1.29 is 14.3 Å². The number of ether oxygens (including phenoxy) is 2. The van der Waals surface area contributed by atoms with Crippen molar-refractivity contribution >= 4 is 5.78 Å². The highest BCUT2D eigenvalue weighted by Crippen LogP contribution is 2.33. The third-order valence-electron chi connectivity index (χ3n) is 3.02. The molecule has 3 rings (SSSR count). The average Bonchev–Trinajstić information content (AvgIpc) is 2.54. The van der Waals surface area contributed by atoms with Gasteiger partial charge < -0.3 is 9.47 Å². The molecule has 0 saturated carbocycles. The van der Waals surface area contributed by atoms with Gasteiger partial charge in [-0.05, 0) is 30.7 Å². The number of carbonyl (C=O) groups is 1. The maximum Gasteiger partial charge on any atom is 0.190 e. The normalized spacial score (nSPS) is 16.8. The van der Waals surface area contributed by atoms with Gasteiger partial charge in [0.15, 0.2) is 5.78 Å². The Morgan fingerprint density at radius 2 is 2.22 bits per heavy atom. The third-order valence-corrected chi connectivity index (χ3v) is 3.02. The summed E-state index contributed by atoms with van der Waals surface area (Å²) < 4.78 is 11.0. The van der Waals surface area contributed by atoms with E-state index in [2.05, 4.69) is 0 Å². The van der Waals surface area contributed by atoms with E-state index in [1.54, 1.807) is 31.4 Å². The summed E-state index contributed by atoms with van der Waals surface area (Å²) in [6.45, 7) is 0. The molecule has 0 saturated heterocycles. The Bertz CT molecular complexity index is 606. The molecule has 1 aromatic rings. The van der Waals surface area contributed by atoms with Crippen LogP contribution in [0.4, 0.5) is 0 Å². The van der Waals surface area contributed by atoms with Crippen molar-refractivity contribution in [3.8, 4) is 11.5 Å². The van der Waals surface area contributed by atoms with Crippen LogP contribution in [0.1, 0.15) is 16.8 Å². The summed E-state index contributed by atoms with van der Waals surface area (Å²) in [6, 6.07) is 5.24. The van der Waals surface area contributed by atoms with Crippen LogP contribution < -0.4 is 9.47 Å². The molecular formula is C15H12O3. The largest absolute Gasteiger partial charge is 0.497 e. The highest BCUT2D eigenvalue weighted by atomic mass is 16.5. The lowest BCUT2D eigenvalue weighted by molar-refractivity contribution is 0.104. The second-order valence-corrected chi connectivity index (χ2v) is 4.16. The van der Waals surface area contributed by atoms with Gasteiger partial charge in [-0.15, -0.1) is 0 Å². The van der Waals surface area contributed by atoms with E-state index < -0.39 is 0 Å². The van der Waals surface area contributed by atoms with Crippen LogP contribution in [0.3, 0.4) is 0 Å². The zero-order chi connectivity index (χ0) is 12.5. The summed E-state index contributed by atoms with van der Waals surface area (Å²) in [6.07, 6.45) is 8.18. The second kappa shape index (κ2) is 4.18. The Hall–Kier alpha value is -2.29. The summed E-state index contributed by atoms with van der Waals surface area (Å²) >= 11 is 0. The van der Waals surface area contributed by atoms with E-state index in [0.29, 0.717) is 17.1 Å². The lowest BCUT2D eigenvalue weighted by atomic mass is 10.0. The van der Waals surface area contributed by atoms with Gasteiger partial charge in [0.1, 0.15) is 17.3 Å². The fraction of sp³-hybridized carbons (Fsp3) is 0.133. The summed E-state index contributed by atoms with van der Waals surface area (Å²) in [7, 11) is 1.59. The Kier molecular flexibility index (Phi) is 2.52. The number of carbonyl (C=O) groups excluding carboxylic acids is 1. The van der Waals surface area contributed by atoms with E-state index in [1.165, 1.54) is 0 Å². The summed E-state index contributed by atoms with van der Waals surface area (Å²) in [4.78, 5) is 12.1. The van der Waals surface area contributed by atoms with E-state index in [4.69, 9.17) is 9.47 Å². The van der Waals surface area contributed by atoms with Crippen LogP contribution in [-0.4, -0.2) is 12.9 Å². The maximum atomic E-state index is 12.1. The summed E-state index contributed by atoms with van der Waals surface area (Å²) in [5.41, 5.74) is 1.48. The molecule has 0 bridgehead atoms. The Labute approximate surface area is 105 Å². The number of hydrogen-bond donors (Lipinski definition) is 0. The molecule has 0 amide bonds. The molecule has 0 fully saturated rings. The van der Waals surface area contributed by atoms with Crippen molar-refractivity contribution in [2.45, 2.75) is 6.42 Å². The molecule has 0 aromatic heterocycles. The fourth-order valence-corrected chi connectivity index (χ4v) is 2.06. The molecule has 0 N–H and O–H groups in total. The topological polar surface area (TPSA) is 35.5 Å². The van der Waals surface area contributed by atoms with Crippen LogP contribution in [0.15, 0.2) is 53.8 Å².